The predicted molar refractivity (Wildman–Crippen MR) is 90.1 cm³/mol. The van der Waals surface area contributed by atoms with Crippen LogP contribution in [-0.4, -0.2) is 55.5 Å². The molecular weight excluding hydrogens is 310 g/mol. The molecule has 5 unspecified atom stereocenters. The Labute approximate surface area is 141 Å². The summed E-state index contributed by atoms with van der Waals surface area (Å²) in [4.78, 5) is 9.00. The number of hydrogen-bond acceptors (Lipinski definition) is 6. The third kappa shape index (κ3) is 2.82. The minimum absolute atomic E-state index is 0.623. The normalized spacial score (nSPS) is 31.2. The number of aromatic nitrogens is 2. The van der Waals surface area contributed by atoms with Crippen LogP contribution in [0.3, 0.4) is 0 Å². The number of imidazole rings is 1. The smallest absolute Gasteiger partial charge is 0.165 e. The highest BCUT2D eigenvalue weighted by Crippen LogP contribution is 2.39. The van der Waals surface area contributed by atoms with E-state index in [0.29, 0.717) is 5.82 Å². The van der Waals surface area contributed by atoms with Gasteiger partial charge < -0.3 is 20.1 Å². The largest absolute Gasteiger partial charge is 0.391 e. The average Bonchev–Trinajstić information content (AvgIpc) is 3.02. The van der Waals surface area contributed by atoms with Gasteiger partial charge in [-0.05, 0) is 25.8 Å². The number of aliphatic hydroxyl groups excluding tert-OH is 3. The highest BCUT2D eigenvalue weighted by Gasteiger charge is 2.46. The number of aliphatic hydroxyl groups is 3. The first-order valence-electron chi connectivity index (χ1n) is 8.43. The molecule has 0 saturated carbocycles. The standard InChI is InChI=1S/C17H25N3O4/c1-4-5-11-9(2)6-7-18-16-12(11)19-8-20(16)17-14(23)13(22)15(24-17)10(3)21/h7-8,10,13-15,17,21-23H,4-6H2,1-3H3. The van der Waals surface area contributed by atoms with Gasteiger partial charge in [0.05, 0.1) is 12.4 Å². The fourth-order valence-electron chi connectivity index (χ4n) is 3.37. The van der Waals surface area contributed by atoms with E-state index in [1.807, 2.05) is 6.21 Å². The maximum Gasteiger partial charge on any atom is 0.165 e. The van der Waals surface area contributed by atoms with Gasteiger partial charge in [0.1, 0.15) is 24.0 Å². The zero-order chi connectivity index (χ0) is 17.4. The van der Waals surface area contributed by atoms with E-state index in [-0.39, 0.29) is 0 Å². The lowest BCUT2D eigenvalue weighted by molar-refractivity contribution is -0.0783. The fraction of sp³-hybridized carbons (Fsp3) is 0.647. The topological polar surface area (TPSA) is 100 Å². The number of fused-ring (bicyclic) bond motifs is 1. The Balaban J connectivity index is 1.99. The molecule has 132 valence electrons. The molecule has 1 fully saturated rings. The number of hydrogen-bond donors (Lipinski definition) is 3. The van der Waals surface area contributed by atoms with Gasteiger partial charge in [-0.1, -0.05) is 18.9 Å². The molecule has 7 heteroatoms. The summed E-state index contributed by atoms with van der Waals surface area (Å²) >= 11 is 0. The van der Waals surface area contributed by atoms with Crippen molar-refractivity contribution in [2.24, 2.45) is 4.99 Å². The van der Waals surface area contributed by atoms with Crippen LogP contribution in [0.15, 0.2) is 16.9 Å². The number of nitrogens with zero attached hydrogens (tertiary/aromatic N) is 3. The summed E-state index contributed by atoms with van der Waals surface area (Å²) in [7, 11) is 0. The van der Waals surface area contributed by atoms with Crippen molar-refractivity contribution in [2.75, 3.05) is 0 Å². The van der Waals surface area contributed by atoms with Crippen molar-refractivity contribution < 1.29 is 20.1 Å². The van der Waals surface area contributed by atoms with E-state index < -0.39 is 30.6 Å². The third-order valence-electron chi connectivity index (χ3n) is 4.70. The molecular formula is C17H25N3O4. The fourth-order valence-corrected chi connectivity index (χ4v) is 3.37. The maximum absolute atomic E-state index is 10.3. The monoisotopic (exact) mass is 335 g/mol. The molecule has 3 N–H and O–H groups in total. The molecule has 7 nitrogen and oxygen atoms in total. The zero-order valence-corrected chi connectivity index (χ0v) is 14.3. The average molecular weight is 335 g/mol. The van der Waals surface area contributed by atoms with Crippen LogP contribution in [0.2, 0.25) is 0 Å². The van der Waals surface area contributed by atoms with Crippen LogP contribution in [0.1, 0.15) is 52.0 Å². The summed E-state index contributed by atoms with van der Waals surface area (Å²) in [5.74, 6) is 0.623. The van der Waals surface area contributed by atoms with Gasteiger partial charge in [-0.25, -0.2) is 9.98 Å². The summed E-state index contributed by atoms with van der Waals surface area (Å²) in [6.07, 6.45) is 1.23. The lowest BCUT2D eigenvalue weighted by Gasteiger charge is -2.18. The van der Waals surface area contributed by atoms with Crippen molar-refractivity contribution in [1.82, 2.24) is 9.55 Å². The summed E-state index contributed by atoms with van der Waals surface area (Å²) in [5, 5.41) is 30.2. The van der Waals surface area contributed by atoms with Crippen LogP contribution in [0, 0.1) is 0 Å². The Morgan fingerprint density at radius 2 is 2.12 bits per heavy atom. The van der Waals surface area contributed by atoms with E-state index in [1.165, 1.54) is 18.1 Å². The van der Waals surface area contributed by atoms with E-state index in [9.17, 15) is 15.3 Å². The van der Waals surface area contributed by atoms with Gasteiger partial charge in [0.15, 0.2) is 12.0 Å². The molecule has 0 bridgehead atoms. The van der Waals surface area contributed by atoms with E-state index >= 15 is 0 Å². The molecule has 1 aromatic heterocycles. The molecule has 3 rings (SSSR count). The lowest BCUT2D eigenvalue weighted by Crippen LogP contribution is -2.37. The second-order valence-electron chi connectivity index (χ2n) is 6.56. The van der Waals surface area contributed by atoms with Crippen LogP contribution in [0.4, 0.5) is 5.82 Å². The molecule has 5 atom stereocenters. The Hall–Kier alpha value is -1.54. The molecule has 1 aromatic rings. The Kier molecular flexibility index (Phi) is 4.87. The molecule has 0 aromatic carbocycles. The van der Waals surface area contributed by atoms with Crippen LogP contribution >= 0.6 is 0 Å². The second-order valence-corrected chi connectivity index (χ2v) is 6.56. The Morgan fingerprint density at radius 1 is 1.38 bits per heavy atom. The minimum atomic E-state index is -1.16. The van der Waals surface area contributed by atoms with E-state index in [2.05, 4.69) is 23.8 Å². The van der Waals surface area contributed by atoms with Gasteiger partial charge in [-0.3, -0.25) is 4.57 Å². The van der Waals surface area contributed by atoms with Gasteiger partial charge in [0.25, 0.3) is 0 Å². The summed E-state index contributed by atoms with van der Waals surface area (Å²) < 4.78 is 7.35. The van der Waals surface area contributed by atoms with Gasteiger partial charge in [-0.2, -0.15) is 0 Å². The molecule has 3 heterocycles. The number of rotatable bonds is 4. The summed E-state index contributed by atoms with van der Waals surface area (Å²) in [6, 6.07) is 0. The Morgan fingerprint density at radius 3 is 2.75 bits per heavy atom. The number of aliphatic imine (C=N–C) groups is 1. The molecule has 0 amide bonds. The van der Waals surface area contributed by atoms with Crippen molar-refractivity contribution in [3.63, 3.8) is 0 Å². The molecule has 0 radical (unpaired) electrons. The van der Waals surface area contributed by atoms with Crippen LogP contribution in [0.25, 0.3) is 5.57 Å². The molecule has 0 spiro atoms. The zero-order valence-electron chi connectivity index (χ0n) is 14.3. The van der Waals surface area contributed by atoms with E-state index in [4.69, 9.17) is 4.74 Å². The van der Waals surface area contributed by atoms with Crippen molar-refractivity contribution in [3.8, 4) is 0 Å². The first kappa shape index (κ1) is 17.3. The van der Waals surface area contributed by atoms with Crippen LogP contribution in [0.5, 0.6) is 0 Å². The summed E-state index contributed by atoms with van der Waals surface area (Å²) in [6.45, 7) is 5.73. The minimum Gasteiger partial charge on any atom is -0.391 e. The predicted octanol–water partition coefficient (Wildman–Crippen LogP) is 1.56. The number of ether oxygens (including phenoxy) is 1. The second kappa shape index (κ2) is 6.76. The molecule has 2 aliphatic rings. The van der Waals surface area contributed by atoms with Gasteiger partial charge in [-0.15, -0.1) is 0 Å². The maximum atomic E-state index is 10.3. The molecule has 2 aliphatic heterocycles. The molecule has 24 heavy (non-hydrogen) atoms. The first-order chi connectivity index (χ1) is 11.5. The van der Waals surface area contributed by atoms with Gasteiger partial charge in [0.2, 0.25) is 0 Å². The molecule has 0 aliphatic carbocycles. The van der Waals surface area contributed by atoms with Crippen molar-refractivity contribution in [1.29, 1.82) is 0 Å². The molecule has 1 saturated heterocycles. The Bertz CT molecular complexity index is 665. The quantitative estimate of drug-likeness (QED) is 0.775. The van der Waals surface area contributed by atoms with Crippen LogP contribution < -0.4 is 0 Å². The first-order valence-corrected chi connectivity index (χ1v) is 8.43. The van der Waals surface area contributed by atoms with Crippen LogP contribution in [-0.2, 0) is 4.74 Å². The van der Waals surface area contributed by atoms with Gasteiger partial charge in [0, 0.05) is 12.6 Å². The van der Waals surface area contributed by atoms with Crippen molar-refractivity contribution >= 4 is 17.6 Å². The van der Waals surface area contributed by atoms with Crippen molar-refractivity contribution in [2.45, 2.75) is 70.7 Å². The summed E-state index contributed by atoms with van der Waals surface area (Å²) in [5.41, 5.74) is 3.21. The number of allylic oxidation sites excluding steroid dienone is 2. The van der Waals surface area contributed by atoms with E-state index in [0.717, 1.165) is 25.0 Å². The third-order valence-corrected chi connectivity index (χ3v) is 4.70. The van der Waals surface area contributed by atoms with E-state index in [1.54, 1.807) is 10.9 Å². The highest BCUT2D eigenvalue weighted by atomic mass is 16.6. The highest BCUT2D eigenvalue weighted by molar-refractivity contribution is 5.81. The van der Waals surface area contributed by atoms with Gasteiger partial charge >= 0.3 is 0 Å². The van der Waals surface area contributed by atoms with Crippen molar-refractivity contribution in [3.05, 3.63) is 17.6 Å². The SMILES string of the molecule is CCCC1=C(C)CC=Nc2c1ncn2C1OC(C(C)O)C(O)C1O. The lowest BCUT2D eigenvalue weighted by atomic mass is 10.0.